The second-order valence-corrected chi connectivity index (χ2v) is 10.4. The van der Waals surface area contributed by atoms with Gasteiger partial charge in [0.05, 0.1) is 0 Å². The van der Waals surface area contributed by atoms with Gasteiger partial charge in [0.2, 0.25) is 0 Å². The molecule has 2 heteroatoms. The van der Waals surface area contributed by atoms with Crippen molar-refractivity contribution in [1.29, 1.82) is 0 Å². The first-order valence-corrected chi connectivity index (χ1v) is 10.5. The van der Waals surface area contributed by atoms with Gasteiger partial charge in [-0.15, -0.1) is 0 Å². The molecule has 0 saturated heterocycles. The van der Waals surface area contributed by atoms with E-state index in [1.165, 1.54) is 11.1 Å². The summed E-state index contributed by atoms with van der Waals surface area (Å²) in [5.41, 5.74) is 4.61. The summed E-state index contributed by atoms with van der Waals surface area (Å²) in [6.45, 7) is 13.3. The second-order valence-electron chi connectivity index (χ2n) is 10.4. The highest BCUT2D eigenvalue weighted by Gasteiger charge is 2.21. The highest BCUT2D eigenvalue weighted by atomic mass is 16.3. The normalized spacial score (nSPS) is 12.6. The van der Waals surface area contributed by atoms with Crippen molar-refractivity contribution in [3.63, 3.8) is 0 Å². The zero-order valence-corrected chi connectivity index (χ0v) is 18.7. The molecule has 0 saturated carbocycles. The third kappa shape index (κ3) is 3.63. The van der Waals surface area contributed by atoms with Gasteiger partial charge in [-0.05, 0) is 91.0 Å². The molecule has 0 aromatic heterocycles. The van der Waals surface area contributed by atoms with Crippen LogP contribution in [0.2, 0.25) is 0 Å². The Kier molecular flexibility index (Phi) is 4.58. The van der Waals surface area contributed by atoms with E-state index in [1.54, 1.807) is 12.1 Å². The van der Waals surface area contributed by atoms with Crippen LogP contribution >= 0.6 is 0 Å². The smallest absolute Gasteiger partial charge is 0.116 e. The Morgan fingerprint density at radius 1 is 0.500 bits per heavy atom. The van der Waals surface area contributed by atoms with E-state index in [2.05, 4.69) is 65.8 Å². The van der Waals surface area contributed by atoms with Crippen molar-refractivity contribution in [2.45, 2.75) is 52.4 Å². The van der Waals surface area contributed by atoms with E-state index < -0.39 is 0 Å². The second kappa shape index (κ2) is 6.77. The first-order chi connectivity index (χ1) is 13.9. The molecule has 154 valence electrons. The maximum Gasteiger partial charge on any atom is 0.116 e. The molecule has 0 aliphatic rings. The van der Waals surface area contributed by atoms with Gasteiger partial charge < -0.3 is 10.2 Å². The Morgan fingerprint density at radius 2 is 0.867 bits per heavy atom. The molecule has 0 aliphatic heterocycles. The summed E-state index contributed by atoms with van der Waals surface area (Å²) in [4.78, 5) is 0. The number of benzene rings is 4. The predicted octanol–water partition coefficient (Wildman–Crippen LogP) is 7.67. The van der Waals surface area contributed by atoms with E-state index in [1.807, 2.05) is 24.3 Å². The molecule has 4 aromatic carbocycles. The average Bonchev–Trinajstić information content (AvgIpc) is 2.65. The highest BCUT2D eigenvalue weighted by Crippen LogP contribution is 2.41. The Balaban J connectivity index is 2.18. The molecule has 0 bridgehead atoms. The molecule has 0 amide bonds. The lowest BCUT2D eigenvalue weighted by atomic mass is 9.80. The van der Waals surface area contributed by atoms with Gasteiger partial charge in [-0.3, -0.25) is 0 Å². The van der Waals surface area contributed by atoms with Crippen LogP contribution in [-0.4, -0.2) is 10.2 Å². The van der Waals surface area contributed by atoms with Crippen molar-refractivity contribution < 1.29 is 10.2 Å². The van der Waals surface area contributed by atoms with E-state index >= 15 is 0 Å². The molecule has 4 aromatic rings. The van der Waals surface area contributed by atoms with E-state index in [0.29, 0.717) is 0 Å². The first kappa shape index (κ1) is 20.3. The van der Waals surface area contributed by atoms with Crippen LogP contribution in [0.1, 0.15) is 52.7 Å². The molecule has 0 fully saturated rings. The molecular formula is C28H30O2. The predicted molar refractivity (Wildman–Crippen MR) is 128 cm³/mol. The monoisotopic (exact) mass is 398 g/mol. The van der Waals surface area contributed by atoms with Crippen LogP contribution in [0.25, 0.3) is 32.7 Å². The number of phenolic OH excluding ortho intramolecular Hbond substituents is 2. The molecule has 0 radical (unpaired) electrons. The molecule has 0 spiro atoms. The van der Waals surface area contributed by atoms with Gasteiger partial charge in [-0.2, -0.15) is 0 Å². The number of aromatic hydroxyl groups is 2. The fourth-order valence-corrected chi connectivity index (χ4v) is 4.00. The number of rotatable bonds is 1. The molecule has 0 atom stereocenters. The third-order valence-corrected chi connectivity index (χ3v) is 5.90. The molecule has 0 aliphatic carbocycles. The van der Waals surface area contributed by atoms with Crippen molar-refractivity contribution in [3.05, 3.63) is 71.8 Å². The standard InChI is InChI=1S/C28H30O2/c1-27(2,3)19-11-17-7-9-21(29)15-23(17)25(13-19)26-14-20(28(4,5)6)12-18-8-10-22(30)16-24(18)26/h7-16,29-30H,1-6H3. The summed E-state index contributed by atoms with van der Waals surface area (Å²) in [6, 6.07) is 20.1. The van der Waals surface area contributed by atoms with Crippen LogP contribution in [0.15, 0.2) is 60.7 Å². The Bertz CT molecular complexity index is 1170. The molecule has 30 heavy (non-hydrogen) atoms. The van der Waals surface area contributed by atoms with Crippen LogP contribution in [0.3, 0.4) is 0 Å². The zero-order chi connectivity index (χ0) is 21.8. The molecule has 0 unspecified atom stereocenters. The summed E-state index contributed by atoms with van der Waals surface area (Å²) in [6.07, 6.45) is 0. The lowest BCUT2D eigenvalue weighted by molar-refractivity contribution is 0.475. The number of phenols is 2. The lowest BCUT2D eigenvalue weighted by Gasteiger charge is -2.24. The lowest BCUT2D eigenvalue weighted by Crippen LogP contribution is -2.12. The number of hydrogen-bond donors (Lipinski definition) is 2. The molecule has 2 N–H and O–H groups in total. The van der Waals surface area contributed by atoms with Crippen LogP contribution < -0.4 is 0 Å². The Labute approximate surface area is 178 Å². The minimum Gasteiger partial charge on any atom is -0.508 e. The van der Waals surface area contributed by atoms with Gasteiger partial charge in [0, 0.05) is 0 Å². The quantitative estimate of drug-likeness (QED) is 0.345. The Morgan fingerprint density at radius 3 is 1.20 bits per heavy atom. The van der Waals surface area contributed by atoms with Crippen molar-refractivity contribution in [1.82, 2.24) is 0 Å². The van der Waals surface area contributed by atoms with E-state index in [0.717, 1.165) is 32.7 Å². The van der Waals surface area contributed by atoms with E-state index in [4.69, 9.17) is 0 Å². The molecular weight excluding hydrogens is 368 g/mol. The van der Waals surface area contributed by atoms with Crippen molar-refractivity contribution in [3.8, 4) is 22.6 Å². The number of hydrogen-bond acceptors (Lipinski definition) is 2. The van der Waals surface area contributed by atoms with E-state index in [9.17, 15) is 10.2 Å². The fraction of sp³-hybridized carbons (Fsp3) is 0.286. The zero-order valence-electron chi connectivity index (χ0n) is 18.7. The first-order valence-electron chi connectivity index (χ1n) is 10.5. The summed E-state index contributed by atoms with van der Waals surface area (Å²) >= 11 is 0. The molecule has 0 heterocycles. The Hall–Kier alpha value is -3.00. The maximum atomic E-state index is 10.2. The van der Waals surface area contributed by atoms with Crippen molar-refractivity contribution in [2.24, 2.45) is 0 Å². The largest absolute Gasteiger partial charge is 0.508 e. The van der Waals surface area contributed by atoms with Crippen LogP contribution in [0.5, 0.6) is 11.5 Å². The van der Waals surface area contributed by atoms with Crippen LogP contribution in [0.4, 0.5) is 0 Å². The van der Waals surface area contributed by atoms with Gasteiger partial charge in [0.25, 0.3) is 0 Å². The average molecular weight is 399 g/mol. The summed E-state index contributed by atoms with van der Waals surface area (Å²) in [7, 11) is 0. The summed E-state index contributed by atoms with van der Waals surface area (Å²) in [5, 5.41) is 24.7. The van der Waals surface area contributed by atoms with Crippen LogP contribution in [-0.2, 0) is 10.8 Å². The topological polar surface area (TPSA) is 40.5 Å². The number of fused-ring (bicyclic) bond motifs is 2. The highest BCUT2D eigenvalue weighted by molar-refractivity contribution is 6.07. The van der Waals surface area contributed by atoms with Gasteiger partial charge in [0.15, 0.2) is 0 Å². The van der Waals surface area contributed by atoms with Gasteiger partial charge in [-0.25, -0.2) is 0 Å². The van der Waals surface area contributed by atoms with Crippen molar-refractivity contribution in [2.75, 3.05) is 0 Å². The van der Waals surface area contributed by atoms with Gasteiger partial charge >= 0.3 is 0 Å². The molecule has 2 nitrogen and oxygen atoms in total. The maximum absolute atomic E-state index is 10.2. The minimum absolute atomic E-state index is 0.0135. The van der Waals surface area contributed by atoms with Gasteiger partial charge in [0.1, 0.15) is 11.5 Å². The van der Waals surface area contributed by atoms with Crippen LogP contribution in [0, 0.1) is 0 Å². The minimum atomic E-state index is -0.0135. The third-order valence-electron chi connectivity index (χ3n) is 5.90. The summed E-state index contributed by atoms with van der Waals surface area (Å²) in [5.74, 6) is 0.512. The van der Waals surface area contributed by atoms with E-state index in [-0.39, 0.29) is 22.3 Å². The van der Waals surface area contributed by atoms with Crippen molar-refractivity contribution >= 4 is 21.5 Å². The summed E-state index contributed by atoms with van der Waals surface area (Å²) < 4.78 is 0. The SMILES string of the molecule is CC(C)(C)c1cc(-c2cc(C(C)(C)C)cc3ccc(O)cc23)c2cc(O)ccc2c1. The molecule has 4 rings (SSSR count). The van der Waals surface area contributed by atoms with Gasteiger partial charge in [-0.1, -0.05) is 65.8 Å². The fourth-order valence-electron chi connectivity index (χ4n) is 4.00.